The van der Waals surface area contributed by atoms with E-state index in [1.165, 1.54) is 0 Å². The Morgan fingerprint density at radius 3 is 2.45 bits per heavy atom. The minimum atomic E-state index is -0.217. The molecule has 0 bridgehead atoms. The molecule has 0 radical (unpaired) electrons. The smallest absolute Gasteiger partial charge is 0.257 e. The maximum absolute atomic E-state index is 13.1. The number of piperazine rings is 1. The van der Waals surface area contributed by atoms with Crippen molar-refractivity contribution >= 4 is 40.7 Å². The van der Waals surface area contributed by atoms with Crippen molar-refractivity contribution in [2.24, 2.45) is 9.98 Å². The minimum Gasteiger partial charge on any atom is -0.364 e. The zero-order chi connectivity index (χ0) is 28.9. The third-order valence-electron chi connectivity index (χ3n) is 6.76. The number of carbonyl (C=O) groups excluding carboxylic acids is 1. The topological polar surface area (TPSA) is 98.1 Å². The van der Waals surface area contributed by atoms with Crippen LogP contribution in [-0.2, 0) is 0 Å². The summed E-state index contributed by atoms with van der Waals surface area (Å²) >= 11 is 0. The van der Waals surface area contributed by atoms with Crippen LogP contribution < -0.4 is 15.5 Å². The highest BCUT2D eigenvalue weighted by atomic mass is 16.1. The molecule has 210 valence electrons. The number of fused-ring (bicyclic) bond motifs is 1. The Bertz CT molecular complexity index is 1430. The van der Waals surface area contributed by atoms with Gasteiger partial charge in [0.05, 0.1) is 6.20 Å². The number of nitrogens with one attached hydrogen (secondary N) is 2. The second-order valence-electron chi connectivity index (χ2n) is 11.4. The van der Waals surface area contributed by atoms with Crippen LogP contribution in [0.5, 0.6) is 0 Å². The highest BCUT2D eigenvalue weighted by Crippen LogP contribution is 2.21. The summed E-state index contributed by atoms with van der Waals surface area (Å²) in [4.78, 5) is 35.4. The molecule has 1 amide bonds. The molecule has 0 saturated carbocycles. The zero-order valence-corrected chi connectivity index (χ0v) is 24.4. The molecule has 2 N–H and O–H groups in total. The van der Waals surface area contributed by atoms with Crippen molar-refractivity contribution in [1.29, 1.82) is 0 Å². The van der Waals surface area contributed by atoms with E-state index in [-0.39, 0.29) is 11.4 Å². The number of carbonyl (C=O) groups is 1. The number of rotatable bonds is 8. The van der Waals surface area contributed by atoms with Crippen LogP contribution in [0, 0.1) is 0 Å². The van der Waals surface area contributed by atoms with Crippen molar-refractivity contribution in [3.63, 3.8) is 0 Å². The lowest BCUT2D eigenvalue weighted by atomic mass is 10.1. The number of aliphatic imine (C=N–C) groups is 2. The van der Waals surface area contributed by atoms with Crippen LogP contribution in [0.1, 0.15) is 57.5 Å². The van der Waals surface area contributed by atoms with Crippen LogP contribution in [0.3, 0.4) is 0 Å². The monoisotopic (exact) mass is 540 g/mol. The first-order chi connectivity index (χ1) is 19.0. The number of aromatic nitrogens is 2. The van der Waals surface area contributed by atoms with Gasteiger partial charge in [0.2, 0.25) is 0 Å². The lowest BCUT2D eigenvalue weighted by Gasteiger charge is -2.37. The number of benzene rings is 1. The molecule has 40 heavy (non-hydrogen) atoms. The highest BCUT2D eigenvalue weighted by molar-refractivity contribution is 6.06. The maximum atomic E-state index is 13.1. The summed E-state index contributed by atoms with van der Waals surface area (Å²) in [6.07, 6.45) is 5.07. The Morgan fingerprint density at radius 2 is 1.77 bits per heavy atom. The lowest BCUT2D eigenvalue weighted by molar-refractivity contribution is 0.102. The van der Waals surface area contributed by atoms with Crippen LogP contribution in [-0.4, -0.2) is 71.0 Å². The first kappa shape index (κ1) is 28.9. The van der Waals surface area contributed by atoms with E-state index < -0.39 is 0 Å². The van der Waals surface area contributed by atoms with E-state index in [0.29, 0.717) is 23.2 Å². The highest BCUT2D eigenvalue weighted by Gasteiger charge is 2.20. The van der Waals surface area contributed by atoms with Gasteiger partial charge in [-0.2, -0.15) is 0 Å². The molecule has 3 heterocycles. The Hall–Kier alpha value is -4.11. The molecule has 0 atom stereocenters. The maximum Gasteiger partial charge on any atom is 0.257 e. The first-order valence-corrected chi connectivity index (χ1v) is 13.7. The Kier molecular flexibility index (Phi) is 8.94. The lowest BCUT2D eigenvalue weighted by Crippen LogP contribution is -2.49. The summed E-state index contributed by atoms with van der Waals surface area (Å²) < 4.78 is 0. The minimum absolute atomic E-state index is 0.166. The van der Waals surface area contributed by atoms with Gasteiger partial charge in [0.15, 0.2) is 0 Å². The van der Waals surface area contributed by atoms with Gasteiger partial charge in [0, 0.05) is 66.8 Å². The van der Waals surface area contributed by atoms with E-state index in [4.69, 9.17) is 4.99 Å². The molecule has 0 aliphatic carbocycles. The molecule has 3 aromatic rings. The molecule has 1 aliphatic rings. The summed E-state index contributed by atoms with van der Waals surface area (Å²) in [7, 11) is 0. The van der Waals surface area contributed by atoms with Crippen molar-refractivity contribution in [3.8, 4) is 0 Å². The Labute approximate surface area is 237 Å². The van der Waals surface area contributed by atoms with E-state index in [0.717, 1.165) is 54.0 Å². The quantitative estimate of drug-likeness (QED) is 0.386. The number of amides is 1. The zero-order valence-electron chi connectivity index (χ0n) is 24.4. The van der Waals surface area contributed by atoms with Crippen molar-refractivity contribution in [2.45, 2.75) is 53.1 Å². The van der Waals surface area contributed by atoms with Crippen LogP contribution >= 0.6 is 0 Å². The Morgan fingerprint density at radius 1 is 1.02 bits per heavy atom. The van der Waals surface area contributed by atoms with E-state index in [1.807, 2.05) is 37.3 Å². The molecule has 1 fully saturated rings. The third-order valence-corrected chi connectivity index (χ3v) is 6.76. The molecule has 2 aromatic heterocycles. The fourth-order valence-electron chi connectivity index (χ4n) is 4.63. The molecule has 9 nitrogen and oxygen atoms in total. The van der Waals surface area contributed by atoms with E-state index >= 15 is 0 Å². The van der Waals surface area contributed by atoms with Crippen molar-refractivity contribution in [1.82, 2.24) is 20.2 Å². The average Bonchev–Trinajstić information content (AvgIpc) is 2.92. The summed E-state index contributed by atoms with van der Waals surface area (Å²) in [6, 6.07) is 12.1. The number of pyridine rings is 2. The summed E-state index contributed by atoms with van der Waals surface area (Å²) in [5, 5.41) is 8.22. The molecule has 0 unspecified atom stereocenters. The van der Waals surface area contributed by atoms with Gasteiger partial charge >= 0.3 is 0 Å². The molecular formula is C31H40N8O. The third kappa shape index (κ3) is 7.51. The van der Waals surface area contributed by atoms with Gasteiger partial charge in [-0.3, -0.25) is 14.7 Å². The average molecular weight is 541 g/mol. The van der Waals surface area contributed by atoms with E-state index in [9.17, 15) is 4.79 Å². The van der Waals surface area contributed by atoms with Crippen molar-refractivity contribution in [3.05, 3.63) is 71.9 Å². The van der Waals surface area contributed by atoms with Crippen molar-refractivity contribution < 1.29 is 4.79 Å². The van der Waals surface area contributed by atoms with Gasteiger partial charge in [-0.15, -0.1) is 0 Å². The van der Waals surface area contributed by atoms with Crippen LogP contribution in [0.15, 0.2) is 70.8 Å². The summed E-state index contributed by atoms with van der Waals surface area (Å²) in [5.41, 5.74) is 2.17. The summed E-state index contributed by atoms with van der Waals surface area (Å²) in [6.45, 7) is 19.9. The summed E-state index contributed by atoms with van der Waals surface area (Å²) in [5.74, 6) is 1.73. The second kappa shape index (κ2) is 12.4. The van der Waals surface area contributed by atoms with Crippen LogP contribution in [0.25, 0.3) is 10.8 Å². The van der Waals surface area contributed by atoms with Gasteiger partial charge in [0.1, 0.15) is 17.5 Å². The molecule has 1 aliphatic heterocycles. The van der Waals surface area contributed by atoms with Crippen LogP contribution in [0.4, 0.5) is 11.6 Å². The van der Waals surface area contributed by atoms with E-state index in [2.05, 4.69) is 76.7 Å². The van der Waals surface area contributed by atoms with Crippen LogP contribution in [0.2, 0.25) is 0 Å². The van der Waals surface area contributed by atoms with Gasteiger partial charge in [-0.05, 0) is 83.5 Å². The molecule has 9 heteroatoms. The fraction of sp³-hybridized carbons (Fsp3) is 0.387. The Balaban J connectivity index is 1.50. The number of hydrogen-bond donors (Lipinski definition) is 2. The largest absolute Gasteiger partial charge is 0.364 e. The number of hydrogen-bond acceptors (Lipinski definition) is 8. The molecule has 0 spiro atoms. The predicted octanol–water partition coefficient (Wildman–Crippen LogP) is 5.11. The van der Waals surface area contributed by atoms with Gasteiger partial charge in [-0.25, -0.2) is 15.0 Å². The van der Waals surface area contributed by atoms with Crippen molar-refractivity contribution in [2.75, 3.05) is 36.4 Å². The van der Waals surface area contributed by atoms with Gasteiger partial charge in [-0.1, -0.05) is 12.1 Å². The SMILES string of the molecule is C=N/C=C(\N=C(/C)c1ccc2cnc(NC(=O)c3ccnc(N4CCN(C(C)C)CC4)c3)cc2c1)NC(C)(C)C. The normalized spacial score (nSPS) is 15.4. The number of anilines is 2. The predicted molar refractivity (Wildman–Crippen MR) is 166 cm³/mol. The molecular weight excluding hydrogens is 500 g/mol. The van der Waals surface area contributed by atoms with Gasteiger partial charge in [0.25, 0.3) is 5.91 Å². The standard InChI is InChI=1S/C31H40N8O/c1-21(2)38-12-14-39(15-13-38)29-18-24(10-11-33-29)30(40)36-27-17-26-16-23(8-9-25(26)19-34-27)22(3)35-28(20-32-7)37-31(4,5)6/h8-11,16-21,37H,7,12-15H2,1-6H3,(H,34,36,40)/b28-20+,35-22+. The number of nitrogens with zero attached hydrogens (tertiary/aromatic N) is 6. The molecule has 1 saturated heterocycles. The second-order valence-corrected chi connectivity index (χ2v) is 11.4. The van der Waals surface area contributed by atoms with Gasteiger partial charge < -0.3 is 15.5 Å². The molecule has 4 rings (SSSR count). The first-order valence-electron chi connectivity index (χ1n) is 13.7. The molecule has 1 aromatic carbocycles. The van der Waals surface area contributed by atoms with E-state index in [1.54, 1.807) is 24.7 Å². The fourth-order valence-corrected chi connectivity index (χ4v) is 4.63.